The highest BCUT2D eigenvalue weighted by atomic mass is 16.2. The van der Waals surface area contributed by atoms with E-state index in [4.69, 9.17) is 0 Å². The number of hydrogen-bond acceptors (Lipinski definition) is 3. The van der Waals surface area contributed by atoms with Crippen LogP contribution in [0.25, 0.3) is 0 Å². The maximum Gasteiger partial charge on any atom is 0.262 e. The number of carbonyl (C=O) groups is 3. The molecule has 0 radical (unpaired) electrons. The van der Waals surface area contributed by atoms with Crippen LogP contribution in [0, 0.1) is 5.92 Å². The van der Waals surface area contributed by atoms with Crippen molar-refractivity contribution in [2.45, 2.75) is 32.7 Å². The van der Waals surface area contributed by atoms with E-state index in [1.54, 1.807) is 36.1 Å². The number of benzene rings is 1. The smallest absolute Gasteiger partial charge is 0.262 e. The Kier molecular flexibility index (Phi) is 3.72. The van der Waals surface area contributed by atoms with Crippen molar-refractivity contribution in [2.75, 3.05) is 13.1 Å². The van der Waals surface area contributed by atoms with E-state index in [-0.39, 0.29) is 17.7 Å². The fourth-order valence-electron chi connectivity index (χ4n) is 3.16. The maximum absolute atomic E-state index is 12.6. The molecule has 0 spiro atoms. The molecule has 2 heterocycles. The lowest BCUT2D eigenvalue weighted by Gasteiger charge is -2.34. The molecule has 1 aromatic carbocycles. The van der Waals surface area contributed by atoms with Gasteiger partial charge in [-0.1, -0.05) is 19.1 Å². The molecule has 1 fully saturated rings. The summed E-state index contributed by atoms with van der Waals surface area (Å²) in [6, 6.07) is 5.98. The van der Waals surface area contributed by atoms with Crippen LogP contribution in [0.5, 0.6) is 0 Å². The zero-order valence-electron chi connectivity index (χ0n) is 12.9. The highest BCUT2D eigenvalue weighted by molar-refractivity contribution is 6.22. The van der Waals surface area contributed by atoms with Gasteiger partial charge in [0.2, 0.25) is 5.91 Å². The molecule has 2 aliphatic heterocycles. The largest absolute Gasteiger partial charge is 0.341 e. The molecule has 3 amide bonds. The second kappa shape index (κ2) is 5.55. The van der Waals surface area contributed by atoms with Crippen molar-refractivity contribution < 1.29 is 14.4 Å². The van der Waals surface area contributed by atoms with Gasteiger partial charge in [0.15, 0.2) is 0 Å². The molecule has 1 saturated heterocycles. The summed E-state index contributed by atoms with van der Waals surface area (Å²) in [4.78, 5) is 40.3. The lowest BCUT2D eigenvalue weighted by Crippen LogP contribution is -2.51. The third-order valence-corrected chi connectivity index (χ3v) is 4.67. The van der Waals surface area contributed by atoms with Crippen molar-refractivity contribution in [3.8, 4) is 0 Å². The number of fused-ring (bicyclic) bond motifs is 1. The highest BCUT2D eigenvalue weighted by Crippen LogP contribution is 2.26. The molecule has 5 nitrogen and oxygen atoms in total. The van der Waals surface area contributed by atoms with Gasteiger partial charge in [0.25, 0.3) is 11.8 Å². The van der Waals surface area contributed by atoms with Gasteiger partial charge in [-0.05, 0) is 37.8 Å². The summed E-state index contributed by atoms with van der Waals surface area (Å²) in [5.41, 5.74) is 0.777. The minimum absolute atomic E-state index is 0.138. The van der Waals surface area contributed by atoms with Gasteiger partial charge in [-0.15, -0.1) is 0 Å². The molecule has 0 aromatic heterocycles. The Bertz CT molecular complexity index is 598. The zero-order chi connectivity index (χ0) is 15.9. The van der Waals surface area contributed by atoms with E-state index in [1.165, 1.54) is 0 Å². The van der Waals surface area contributed by atoms with E-state index in [2.05, 4.69) is 6.92 Å². The zero-order valence-corrected chi connectivity index (χ0v) is 12.9. The predicted octanol–water partition coefficient (Wildman–Crippen LogP) is 1.93. The Hall–Kier alpha value is -2.17. The number of piperidine rings is 1. The summed E-state index contributed by atoms with van der Waals surface area (Å²) in [6.45, 7) is 5.22. The Labute approximate surface area is 129 Å². The Balaban J connectivity index is 1.79. The van der Waals surface area contributed by atoms with Crippen molar-refractivity contribution >= 4 is 17.7 Å². The van der Waals surface area contributed by atoms with Crippen LogP contribution >= 0.6 is 0 Å². The van der Waals surface area contributed by atoms with Gasteiger partial charge in [-0.25, -0.2) is 0 Å². The number of imide groups is 1. The summed E-state index contributed by atoms with van der Waals surface area (Å²) in [5, 5.41) is 0. The molecule has 0 bridgehead atoms. The Morgan fingerprint density at radius 2 is 1.59 bits per heavy atom. The quantitative estimate of drug-likeness (QED) is 0.784. The number of likely N-dealkylation sites (tertiary alicyclic amines) is 1. The minimum Gasteiger partial charge on any atom is -0.341 e. The van der Waals surface area contributed by atoms with Crippen LogP contribution in [0.3, 0.4) is 0 Å². The molecule has 2 aliphatic rings. The molecule has 5 heteroatoms. The van der Waals surface area contributed by atoms with Gasteiger partial charge in [0.05, 0.1) is 11.1 Å². The summed E-state index contributed by atoms with van der Waals surface area (Å²) in [6.07, 6.45) is 1.95. The summed E-state index contributed by atoms with van der Waals surface area (Å²) in [7, 11) is 0. The van der Waals surface area contributed by atoms with E-state index >= 15 is 0 Å². The number of nitrogens with zero attached hydrogens (tertiary/aromatic N) is 2. The molecular weight excluding hydrogens is 280 g/mol. The van der Waals surface area contributed by atoms with E-state index in [0.717, 1.165) is 17.7 Å². The van der Waals surface area contributed by atoms with Crippen molar-refractivity contribution in [1.29, 1.82) is 0 Å². The fraction of sp³-hybridized carbons (Fsp3) is 0.471. The molecule has 1 atom stereocenters. The SMILES string of the molecule is CC1CCN(C(=O)C(C)N2C(=O)c3ccccc3C2=O)CC1. The first-order valence-electron chi connectivity index (χ1n) is 7.76. The third-order valence-electron chi connectivity index (χ3n) is 4.67. The minimum atomic E-state index is -0.749. The van der Waals surface area contributed by atoms with Gasteiger partial charge in [-0.2, -0.15) is 0 Å². The summed E-state index contributed by atoms with van der Waals surface area (Å²) >= 11 is 0. The van der Waals surface area contributed by atoms with Gasteiger partial charge in [0, 0.05) is 13.1 Å². The Morgan fingerprint density at radius 1 is 1.09 bits per heavy atom. The van der Waals surface area contributed by atoms with Crippen molar-refractivity contribution in [1.82, 2.24) is 9.80 Å². The van der Waals surface area contributed by atoms with E-state index in [9.17, 15) is 14.4 Å². The first kappa shape index (κ1) is 14.8. The number of amides is 3. The van der Waals surface area contributed by atoms with Crippen molar-refractivity contribution in [3.05, 3.63) is 35.4 Å². The van der Waals surface area contributed by atoms with E-state index < -0.39 is 6.04 Å². The number of carbonyl (C=O) groups excluding carboxylic acids is 3. The lowest BCUT2D eigenvalue weighted by atomic mass is 9.98. The van der Waals surface area contributed by atoms with Crippen molar-refractivity contribution in [3.63, 3.8) is 0 Å². The third kappa shape index (κ3) is 2.30. The molecular formula is C17H20N2O3. The van der Waals surface area contributed by atoms with Gasteiger partial charge in [-0.3, -0.25) is 19.3 Å². The van der Waals surface area contributed by atoms with Crippen LogP contribution < -0.4 is 0 Å². The van der Waals surface area contributed by atoms with Crippen LogP contribution in [0.4, 0.5) is 0 Å². The fourth-order valence-corrected chi connectivity index (χ4v) is 3.16. The first-order valence-corrected chi connectivity index (χ1v) is 7.76. The van der Waals surface area contributed by atoms with E-state index in [1.807, 2.05) is 0 Å². The van der Waals surface area contributed by atoms with Gasteiger partial charge < -0.3 is 4.90 Å². The Morgan fingerprint density at radius 3 is 2.09 bits per heavy atom. The van der Waals surface area contributed by atoms with E-state index in [0.29, 0.717) is 30.1 Å². The topological polar surface area (TPSA) is 57.7 Å². The molecule has 0 N–H and O–H groups in total. The van der Waals surface area contributed by atoms with Crippen LogP contribution in [-0.4, -0.2) is 46.7 Å². The molecule has 116 valence electrons. The molecule has 0 aliphatic carbocycles. The second-order valence-corrected chi connectivity index (χ2v) is 6.21. The molecule has 1 aromatic rings. The second-order valence-electron chi connectivity index (χ2n) is 6.21. The van der Waals surface area contributed by atoms with Crippen LogP contribution in [0.1, 0.15) is 47.4 Å². The monoisotopic (exact) mass is 300 g/mol. The van der Waals surface area contributed by atoms with Crippen molar-refractivity contribution in [2.24, 2.45) is 5.92 Å². The normalized spacial score (nSPS) is 20.3. The summed E-state index contributed by atoms with van der Waals surface area (Å²) in [5.74, 6) is -0.251. The molecule has 22 heavy (non-hydrogen) atoms. The first-order chi connectivity index (χ1) is 10.5. The standard InChI is InChI=1S/C17H20N2O3/c1-11-7-9-18(10-8-11)15(20)12(2)19-16(21)13-5-3-4-6-14(13)17(19)22/h3-6,11-12H,7-10H2,1-2H3. The lowest BCUT2D eigenvalue weighted by molar-refractivity contribution is -0.136. The van der Waals surface area contributed by atoms with Gasteiger partial charge >= 0.3 is 0 Å². The highest BCUT2D eigenvalue weighted by Gasteiger charge is 2.41. The average molecular weight is 300 g/mol. The molecule has 1 unspecified atom stereocenters. The molecule has 0 saturated carbocycles. The average Bonchev–Trinajstić information content (AvgIpc) is 2.79. The number of rotatable bonds is 2. The van der Waals surface area contributed by atoms with Crippen LogP contribution in [-0.2, 0) is 4.79 Å². The van der Waals surface area contributed by atoms with Crippen LogP contribution in [0.15, 0.2) is 24.3 Å². The summed E-state index contributed by atoms with van der Waals surface area (Å²) < 4.78 is 0. The predicted molar refractivity (Wildman–Crippen MR) is 81.4 cm³/mol. The molecule has 3 rings (SSSR count). The van der Waals surface area contributed by atoms with Crippen LogP contribution in [0.2, 0.25) is 0 Å². The van der Waals surface area contributed by atoms with Gasteiger partial charge in [0.1, 0.15) is 6.04 Å². The maximum atomic E-state index is 12.6. The number of hydrogen-bond donors (Lipinski definition) is 0.